The summed E-state index contributed by atoms with van der Waals surface area (Å²) in [7, 11) is 0. The van der Waals surface area contributed by atoms with Crippen molar-refractivity contribution in [1.82, 2.24) is 9.78 Å². The number of hydrogen-bond donors (Lipinski definition) is 1. The van der Waals surface area contributed by atoms with Crippen LogP contribution in [0.5, 0.6) is 5.75 Å². The zero-order valence-corrected chi connectivity index (χ0v) is 12.3. The molecule has 108 valence electrons. The molecule has 2 rings (SSSR count). The molecular weight excluding hydrogens is 252 g/mol. The van der Waals surface area contributed by atoms with Gasteiger partial charge in [-0.15, -0.1) is 0 Å². The summed E-state index contributed by atoms with van der Waals surface area (Å²) >= 11 is 0. The molecule has 1 aromatic carbocycles. The Morgan fingerprint density at radius 3 is 2.50 bits per heavy atom. The topological polar surface area (TPSA) is 47.3 Å². The van der Waals surface area contributed by atoms with Crippen molar-refractivity contribution in [2.45, 2.75) is 46.4 Å². The lowest BCUT2D eigenvalue weighted by molar-refractivity contribution is 0.199. The SMILES string of the molecule is CCc1cc(COc2ccc(C(C)O)cc2)n(CC)n1. The predicted octanol–water partition coefficient (Wildman–Crippen LogP) is 3.10. The normalized spacial score (nSPS) is 12.4. The van der Waals surface area contributed by atoms with E-state index >= 15 is 0 Å². The number of aliphatic hydroxyl groups excluding tert-OH is 1. The number of benzene rings is 1. The van der Waals surface area contributed by atoms with Crippen molar-refractivity contribution >= 4 is 0 Å². The summed E-state index contributed by atoms with van der Waals surface area (Å²) < 4.78 is 7.76. The van der Waals surface area contributed by atoms with Gasteiger partial charge in [-0.1, -0.05) is 19.1 Å². The molecule has 0 aliphatic carbocycles. The molecule has 1 heterocycles. The van der Waals surface area contributed by atoms with Gasteiger partial charge in [-0.3, -0.25) is 4.68 Å². The first-order chi connectivity index (χ1) is 9.63. The van der Waals surface area contributed by atoms with Gasteiger partial charge >= 0.3 is 0 Å². The second kappa shape index (κ2) is 6.57. The van der Waals surface area contributed by atoms with Crippen LogP contribution < -0.4 is 4.74 Å². The van der Waals surface area contributed by atoms with Gasteiger partial charge in [0.05, 0.1) is 17.5 Å². The Labute approximate surface area is 120 Å². The van der Waals surface area contributed by atoms with Crippen LogP contribution in [0.3, 0.4) is 0 Å². The summed E-state index contributed by atoms with van der Waals surface area (Å²) in [6.45, 7) is 7.28. The van der Waals surface area contributed by atoms with Crippen LogP contribution in [-0.2, 0) is 19.6 Å². The lowest BCUT2D eigenvalue weighted by Crippen LogP contribution is -2.06. The van der Waals surface area contributed by atoms with Crippen LogP contribution in [0, 0.1) is 0 Å². The molecule has 0 aliphatic heterocycles. The van der Waals surface area contributed by atoms with Gasteiger partial charge in [-0.05, 0) is 44.0 Å². The fourth-order valence-electron chi connectivity index (χ4n) is 2.08. The molecule has 1 aromatic heterocycles. The van der Waals surface area contributed by atoms with E-state index in [1.54, 1.807) is 6.92 Å². The molecule has 4 nitrogen and oxygen atoms in total. The molecule has 0 saturated carbocycles. The van der Waals surface area contributed by atoms with Crippen molar-refractivity contribution in [1.29, 1.82) is 0 Å². The van der Waals surface area contributed by atoms with E-state index in [2.05, 4.69) is 25.0 Å². The maximum Gasteiger partial charge on any atom is 0.130 e. The fraction of sp³-hybridized carbons (Fsp3) is 0.438. The summed E-state index contributed by atoms with van der Waals surface area (Å²) in [6.07, 6.45) is 0.487. The average Bonchev–Trinajstić information content (AvgIpc) is 2.88. The second-order valence-electron chi connectivity index (χ2n) is 4.83. The summed E-state index contributed by atoms with van der Waals surface area (Å²) in [5.74, 6) is 0.802. The van der Waals surface area contributed by atoms with Gasteiger partial charge in [0.25, 0.3) is 0 Å². The third-order valence-corrected chi connectivity index (χ3v) is 3.32. The molecule has 0 radical (unpaired) electrons. The van der Waals surface area contributed by atoms with Gasteiger partial charge in [0.1, 0.15) is 12.4 Å². The van der Waals surface area contributed by atoms with Crippen molar-refractivity contribution in [2.75, 3.05) is 0 Å². The Hall–Kier alpha value is -1.81. The minimum atomic E-state index is -0.447. The van der Waals surface area contributed by atoms with E-state index in [1.807, 2.05) is 28.9 Å². The Morgan fingerprint density at radius 2 is 1.95 bits per heavy atom. The van der Waals surface area contributed by atoms with Gasteiger partial charge in [0, 0.05) is 6.54 Å². The van der Waals surface area contributed by atoms with E-state index in [0.29, 0.717) is 6.61 Å². The third-order valence-electron chi connectivity index (χ3n) is 3.32. The van der Waals surface area contributed by atoms with Crippen molar-refractivity contribution in [3.63, 3.8) is 0 Å². The van der Waals surface area contributed by atoms with E-state index in [1.165, 1.54) is 0 Å². The van der Waals surface area contributed by atoms with E-state index in [9.17, 15) is 5.11 Å². The van der Waals surface area contributed by atoms with Crippen molar-refractivity contribution in [3.05, 3.63) is 47.3 Å². The molecule has 0 spiro atoms. The molecule has 1 atom stereocenters. The van der Waals surface area contributed by atoms with Gasteiger partial charge in [0.2, 0.25) is 0 Å². The van der Waals surface area contributed by atoms with E-state index < -0.39 is 6.10 Å². The summed E-state index contributed by atoms with van der Waals surface area (Å²) in [6, 6.07) is 9.63. The molecular formula is C16H22N2O2. The highest BCUT2D eigenvalue weighted by Gasteiger charge is 2.07. The molecule has 0 bridgehead atoms. The number of rotatable bonds is 6. The Balaban J connectivity index is 2.02. The maximum atomic E-state index is 9.47. The highest BCUT2D eigenvalue weighted by atomic mass is 16.5. The minimum Gasteiger partial charge on any atom is -0.487 e. The van der Waals surface area contributed by atoms with Gasteiger partial charge in [-0.25, -0.2) is 0 Å². The van der Waals surface area contributed by atoms with Crippen LogP contribution in [0.4, 0.5) is 0 Å². The van der Waals surface area contributed by atoms with Crippen molar-refractivity contribution in [2.24, 2.45) is 0 Å². The zero-order valence-electron chi connectivity index (χ0n) is 12.3. The molecule has 1 N–H and O–H groups in total. The average molecular weight is 274 g/mol. The van der Waals surface area contributed by atoms with Crippen molar-refractivity contribution in [3.8, 4) is 5.75 Å². The van der Waals surface area contributed by atoms with Crippen molar-refractivity contribution < 1.29 is 9.84 Å². The second-order valence-corrected chi connectivity index (χ2v) is 4.83. The quantitative estimate of drug-likeness (QED) is 0.880. The predicted molar refractivity (Wildman–Crippen MR) is 78.7 cm³/mol. The van der Waals surface area contributed by atoms with Crippen LogP contribution in [0.15, 0.2) is 30.3 Å². The molecule has 0 amide bonds. The lowest BCUT2D eigenvalue weighted by Gasteiger charge is -2.09. The molecule has 1 unspecified atom stereocenters. The molecule has 0 fully saturated rings. The summed E-state index contributed by atoms with van der Waals surface area (Å²) in [5, 5.41) is 14.0. The fourth-order valence-corrected chi connectivity index (χ4v) is 2.08. The number of aryl methyl sites for hydroxylation is 2. The van der Waals surface area contributed by atoms with Crippen LogP contribution in [0.2, 0.25) is 0 Å². The third kappa shape index (κ3) is 3.39. The Bertz CT molecular complexity index is 544. The van der Waals surface area contributed by atoms with E-state index in [0.717, 1.165) is 35.7 Å². The first-order valence-electron chi connectivity index (χ1n) is 7.10. The van der Waals surface area contributed by atoms with Crippen LogP contribution in [-0.4, -0.2) is 14.9 Å². The zero-order chi connectivity index (χ0) is 14.5. The standard InChI is InChI=1S/C16H22N2O2/c1-4-14-10-15(18(5-2)17-14)11-20-16-8-6-13(7-9-16)12(3)19/h6-10,12,19H,4-5,11H2,1-3H3. The van der Waals surface area contributed by atoms with E-state index in [-0.39, 0.29) is 0 Å². The van der Waals surface area contributed by atoms with E-state index in [4.69, 9.17) is 4.74 Å². The molecule has 0 saturated heterocycles. The monoisotopic (exact) mass is 274 g/mol. The summed E-state index contributed by atoms with van der Waals surface area (Å²) in [5.41, 5.74) is 3.07. The number of aromatic nitrogens is 2. The smallest absolute Gasteiger partial charge is 0.130 e. The largest absolute Gasteiger partial charge is 0.487 e. The Morgan fingerprint density at radius 1 is 1.25 bits per heavy atom. The van der Waals surface area contributed by atoms with Crippen LogP contribution >= 0.6 is 0 Å². The number of nitrogens with zero attached hydrogens (tertiary/aromatic N) is 2. The first-order valence-corrected chi connectivity index (χ1v) is 7.10. The molecule has 0 aliphatic rings. The van der Waals surface area contributed by atoms with Crippen LogP contribution in [0.1, 0.15) is 43.8 Å². The van der Waals surface area contributed by atoms with Gasteiger partial charge in [-0.2, -0.15) is 5.10 Å². The summed E-state index contributed by atoms with van der Waals surface area (Å²) in [4.78, 5) is 0. The molecule has 2 aromatic rings. The van der Waals surface area contributed by atoms with Gasteiger partial charge < -0.3 is 9.84 Å². The van der Waals surface area contributed by atoms with Gasteiger partial charge in [0.15, 0.2) is 0 Å². The minimum absolute atomic E-state index is 0.447. The number of aliphatic hydroxyl groups is 1. The molecule has 20 heavy (non-hydrogen) atoms. The highest BCUT2D eigenvalue weighted by molar-refractivity contribution is 5.28. The highest BCUT2D eigenvalue weighted by Crippen LogP contribution is 2.18. The lowest BCUT2D eigenvalue weighted by atomic mass is 10.1. The Kier molecular flexibility index (Phi) is 4.79. The number of ether oxygens (including phenoxy) is 1. The first kappa shape index (κ1) is 14.6. The van der Waals surface area contributed by atoms with Crippen LogP contribution in [0.25, 0.3) is 0 Å². The maximum absolute atomic E-state index is 9.47. The molecule has 4 heteroatoms. The number of hydrogen-bond acceptors (Lipinski definition) is 3.